The molecule has 0 saturated heterocycles. The standard InChI is InChI=1S/C19H39NO3/c1-5-6-7-8-9-10-11-12-13-14-16-23-19(20(3)4)15-17-22-18(2)21/h19H,5-17H2,1-4H3. The molecular formula is C19H39NO3. The molecule has 0 aliphatic rings. The Labute approximate surface area is 143 Å². The normalized spacial score (nSPS) is 12.6. The highest BCUT2D eigenvalue weighted by atomic mass is 16.5. The van der Waals surface area contributed by atoms with Crippen molar-refractivity contribution in [2.45, 2.75) is 90.7 Å². The molecule has 0 spiro atoms. The number of hydrogen-bond acceptors (Lipinski definition) is 4. The molecule has 0 aliphatic heterocycles. The van der Waals surface area contributed by atoms with Crippen LogP contribution in [0.25, 0.3) is 0 Å². The van der Waals surface area contributed by atoms with Gasteiger partial charge in [0, 0.05) is 20.0 Å². The lowest BCUT2D eigenvalue weighted by Gasteiger charge is -2.24. The number of unbranched alkanes of at least 4 members (excludes halogenated alkanes) is 9. The Morgan fingerprint density at radius 1 is 0.870 bits per heavy atom. The average molecular weight is 330 g/mol. The Kier molecular flexibility index (Phi) is 15.8. The molecule has 0 rings (SSSR count). The molecule has 0 aromatic rings. The first-order valence-electron chi connectivity index (χ1n) is 9.49. The molecule has 0 saturated carbocycles. The van der Waals surface area contributed by atoms with E-state index in [4.69, 9.17) is 9.47 Å². The van der Waals surface area contributed by atoms with E-state index in [0.717, 1.165) is 19.4 Å². The molecule has 23 heavy (non-hydrogen) atoms. The largest absolute Gasteiger partial charge is 0.466 e. The fourth-order valence-corrected chi connectivity index (χ4v) is 2.60. The minimum Gasteiger partial charge on any atom is -0.466 e. The highest BCUT2D eigenvalue weighted by Gasteiger charge is 2.11. The third-order valence-corrected chi connectivity index (χ3v) is 4.05. The molecule has 0 radical (unpaired) electrons. The van der Waals surface area contributed by atoms with E-state index < -0.39 is 0 Å². The molecule has 0 aromatic heterocycles. The second-order valence-electron chi connectivity index (χ2n) is 6.60. The van der Waals surface area contributed by atoms with Crippen LogP contribution in [0, 0.1) is 0 Å². The van der Waals surface area contributed by atoms with Crippen LogP contribution in [0.1, 0.15) is 84.5 Å². The minimum atomic E-state index is -0.225. The van der Waals surface area contributed by atoms with Gasteiger partial charge in [0.2, 0.25) is 0 Å². The van der Waals surface area contributed by atoms with E-state index in [1.54, 1.807) is 0 Å². The first kappa shape index (κ1) is 22.4. The summed E-state index contributed by atoms with van der Waals surface area (Å²) < 4.78 is 10.9. The van der Waals surface area contributed by atoms with Gasteiger partial charge in [-0.15, -0.1) is 0 Å². The molecule has 4 heteroatoms. The van der Waals surface area contributed by atoms with Gasteiger partial charge < -0.3 is 9.47 Å². The number of ether oxygens (including phenoxy) is 2. The third-order valence-electron chi connectivity index (χ3n) is 4.05. The molecule has 0 N–H and O–H groups in total. The fourth-order valence-electron chi connectivity index (χ4n) is 2.60. The monoisotopic (exact) mass is 329 g/mol. The Morgan fingerprint density at radius 3 is 1.87 bits per heavy atom. The zero-order valence-corrected chi connectivity index (χ0v) is 15.9. The number of esters is 1. The Hall–Kier alpha value is -0.610. The van der Waals surface area contributed by atoms with E-state index in [2.05, 4.69) is 6.92 Å². The topological polar surface area (TPSA) is 38.8 Å². The molecule has 0 aromatic carbocycles. The molecule has 0 aliphatic carbocycles. The van der Waals surface area contributed by atoms with Crippen LogP contribution in [0.2, 0.25) is 0 Å². The number of carbonyl (C=O) groups is 1. The average Bonchev–Trinajstić information content (AvgIpc) is 2.50. The van der Waals surface area contributed by atoms with Crippen molar-refractivity contribution < 1.29 is 14.3 Å². The second-order valence-corrected chi connectivity index (χ2v) is 6.60. The first-order chi connectivity index (χ1) is 11.1. The lowest BCUT2D eigenvalue weighted by molar-refractivity contribution is -0.143. The highest BCUT2D eigenvalue weighted by Crippen LogP contribution is 2.11. The van der Waals surface area contributed by atoms with Crippen molar-refractivity contribution in [2.24, 2.45) is 0 Å². The second kappa shape index (κ2) is 16.3. The molecule has 1 atom stereocenters. The lowest BCUT2D eigenvalue weighted by Crippen LogP contribution is -2.32. The molecule has 0 fully saturated rings. The van der Waals surface area contributed by atoms with Crippen LogP contribution in [0.4, 0.5) is 0 Å². The van der Waals surface area contributed by atoms with E-state index in [1.165, 1.54) is 64.7 Å². The smallest absolute Gasteiger partial charge is 0.302 e. The summed E-state index contributed by atoms with van der Waals surface area (Å²) in [7, 11) is 3.99. The zero-order valence-electron chi connectivity index (χ0n) is 15.9. The van der Waals surface area contributed by atoms with E-state index in [1.807, 2.05) is 19.0 Å². The number of carbonyl (C=O) groups excluding carboxylic acids is 1. The van der Waals surface area contributed by atoms with Crippen LogP contribution in [-0.4, -0.2) is 44.4 Å². The zero-order chi connectivity index (χ0) is 17.3. The van der Waals surface area contributed by atoms with Gasteiger partial charge in [-0.05, 0) is 20.5 Å². The van der Waals surface area contributed by atoms with Gasteiger partial charge in [-0.25, -0.2) is 0 Å². The van der Waals surface area contributed by atoms with Gasteiger partial charge in [-0.3, -0.25) is 9.69 Å². The van der Waals surface area contributed by atoms with E-state index in [9.17, 15) is 4.79 Å². The number of rotatable bonds is 16. The van der Waals surface area contributed by atoms with Gasteiger partial charge in [-0.2, -0.15) is 0 Å². The minimum absolute atomic E-state index is 0.0351. The lowest BCUT2D eigenvalue weighted by atomic mass is 10.1. The van der Waals surface area contributed by atoms with Crippen molar-refractivity contribution in [3.05, 3.63) is 0 Å². The van der Waals surface area contributed by atoms with Gasteiger partial charge >= 0.3 is 5.97 Å². The van der Waals surface area contributed by atoms with Gasteiger partial charge in [0.1, 0.15) is 6.23 Å². The molecule has 0 heterocycles. The summed E-state index contributed by atoms with van der Waals surface area (Å²) in [4.78, 5) is 12.8. The van der Waals surface area contributed by atoms with Crippen molar-refractivity contribution in [2.75, 3.05) is 27.3 Å². The summed E-state index contributed by atoms with van der Waals surface area (Å²) >= 11 is 0. The maximum absolute atomic E-state index is 10.8. The van der Waals surface area contributed by atoms with E-state index in [0.29, 0.717) is 6.61 Å². The maximum Gasteiger partial charge on any atom is 0.302 e. The Morgan fingerprint density at radius 2 is 1.39 bits per heavy atom. The van der Waals surface area contributed by atoms with Gasteiger partial charge in [-0.1, -0.05) is 64.7 Å². The Bertz CT molecular complexity index is 269. The summed E-state index contributed by atoms with van der Waals surface area (Å²) in [5.41, 5.74) is 0. The highest BCUT2D eigenvalue weighted by molar-refractivity contribution is 5.65. The summed E-state index contributed by atoms with van der Waals surface area (Å²) in [6, 6.07) is 0. The molecular weight excluding hydrogens is 290 g/mol. The fraction of sp³-hybridized carbons (Fsp3) is 0.947. The molecule has 4 nitrogen and oxygen atoms in total. The van der Waals surface area contributed by atoms with Crippen LogP contribution >= 0.6 is 0 Å². The van der Waals surface area contributed by atoms with Crippen LogP contribution in [0.3, 0.4) is 0 Å². The van der Waals surface area contributed by atoms with Crippen LogP contribution in [0.15, 0.2) is 0 Å². The summed E-state index contributed by atoms with van der Waals surface area (Å²) in [6.45, 7) is 4.92. The van der Waals surface area contributed by atoms with Crippen molar-refractivity contribution in [1.29, 1.82) is 0 Å². The SMILES string of the molecule is CCCCCCCCCCCCOC(CCOC(C)=O)N(C)C. The quantitative estimate of drug-likeness (QED) is 0.232. The summed E-state index contributed by atoms with van der Waals surface area (Å²) in [6.07, 6.45) is 14.1. The van der Waals surface area contributed by atoms with Crippen molar-refractivity contribution >= 4 is 5.97 Å². The van der Waals surface area contributed by atoms with Crippen LogP contribution in [0.5, 0.6) is 0 Å². The van der Waals surface area contributed by atoms with Crippen molar-refractivity contribution in [3.63, 3.8) is 0 Å². The predicted octanol–water partition coefficient (Wildman–Crippen LogP) is 4.76. The third kappa shape index (κ3) is 16.0. The van der Waals surface area contributed by atoms with E-state index in [-0.39, 0.29) is 12.2 Å². The van der Waals surface area contributed by atoms with E-state index >= 15 is 0 Å². The summed E-state index contributed by atoms with van der Waals surface area (Å²) in [5.74, 6) is -0.225. The first-order valence-corrected chi connectivity index (χ1v) is 9.49. The van der Waals surface area contributed by atoms with Crippen molar-refractivity contribution in [1.82, 2.24) is 4.90 Å². The van der Waals surface area contributed by atoms with Gasteiger partial charge in [0.15, 0.2) is 0 Å². The van der Waals surface area contributed by atoms with Gasteiger partial charge in [0.05, 0.1) is 6.61 Å². The predicted molar refractivity (Wildman–Crippen MR) is 96.5 cm³/mol. The summed E-state index contributed by atoms with van der Waals surface area (Å²) in [5, 5.41) is 0. The number of nitrogens with zero attached hydrogens (tertiary/aromatic N) is 1. The molecule has 0 amide bonds. The Balaban J connectivity index is 3.43. The van der Waals surface area contributed by atoms with Crippen molar-refractivity contribution in [3.8, 4) is 0 Å². The van der Waals surface area contributed by atoms with Crippen LogP contribution in [-0.2, 0) is 14.3 Å². The molecule has 138 valence electrons. The number of hydrogen-bond donors (Lipinski definition) is 0. The van der Waals surface area contributed by atoms with Crippen LogP contribution < -0.4 is 0 Å². The molecule has 0 bridgehead atoms. The maximum atomic E-state index is 10.8. The van der Waals surface area contributed by atoms with Gasteiger partial charge in [0.25, 0.3) is 0 Å². The molecule has 1 unspecified atom stereocenters.